The van der Waals surface area contributed by atoms with E-state index in [9.17, 15) is 9.59 Å². The highest BCUT2D eigenvalue weighted by atomic mass is 16.5. The number of aldehydes is 1. The first-order valence-electron chi connectivity index (χ1n) is 8.01. The molecule has 0 saturated carbocycles. The van der Waals surface area contributed by atoms with E-state index in [1.54, 1.807) is 20.2 Å². The largest absolute Gasteiger partial charge is 0.475 e. The lowest BCUT2D eigenvalue weighted by molar-refractivity contribution is -0.136. The highest BCUT2D eigenvalue weighted by molar-refractivity contribution is 6.01. The topological polar surface area (TPSA) is 46.6 Å². The van der Waals surface area contributed by atoms with Crippen molar-refractivity contribution in [3.63, 3.8) is 0 Å². The molecule has 0 spiro atoms. The van der Waals surface area contributed by atoms with Gasteiger partial charge in [0.25, 0.3) is 5.91 Å². The lowest BCUT2D eigenvalue weighted by Gasteiger charge is -2.23. The number of amides is 1. The third-order valence-corrected chi connectivity index (χ3v) is 4.06. The molecular formula is C21H19NO3. The number of hydrogen-bond donors (Lipinski definition) is 0. The molecule has 3 aromatic rings. The molecule has 0 unspecified atom stereocenters. The van der Waals surface area contributed by atoms with Gasteiger partial charge in [0.1, 0.15) is 5.75 Å². The Balaban J connectivity index is 2.07. The molecule has 4 heteroatoms. The molecule has 4 nitrogen and oxygen atoms in total. The summed E-state index contributed by atoms with van der Waals surface area (Å²) < 4.78 is 6.03. The maximum Gasteiger partial charge on any atom is 0.267 e. The van der Waals surface area contributed by atoms with Crippen LogP contribution in [0.15, 0.2) is 66.7 Å². The van der Waals surface area contributed by atoms with E-state index >= 15 is 0 Å². The molecule has 0 aromatic heterocycles. The molecule has 3 aromatic carbocycles. The van der Waals surface area contributed by atoms with Crippen molar-refractivity contribution in [3.8, 4) is 5.75 Å². The number of fused-ring (bicyclic) bond motifs is 1. The Kier molecular flexibility index (Phi) is 4.80. The van der Waals surface area contributed by atoms with Crippen molar-refractivity contribution in [1.82, 2.24) is 4.90 Å². The normalized spacial score (nSPS) is 11.8. The first-order chi connectivity index (χ1) is 12.1. The summed E-state index contributed by atoms with van der Waals surface area (Å²) in [5.41, 5.74) is 1.19. The standard InChI is InChI=1S/C21H19NO3/c1-22(2)21(24)20(16-9-4-3-5-10-16)25-19-13-12-15-8-6-7-11-17(15)18(19)14-23/h3-14,20H,1-2H3/t20-/m0/s1. The highest BCUT2D eigenvalue weighted by Gasteiger charge is 2.25. The van der Waals surface area contributed by atoms with E-state index in [1.807, 2.05) is 60.7 Å². The average Bonchev–Trinajstić information content (AvgIpc) is 2.65. The fourth-order valence-corrected chi connectivity index (χ4v) is 2.75. The Hall–Kier alpha value is -3.14. The SMILES string of the molecule is CN(C)C(=O)[C@@H](Oc1ccc2ccccc2c1C=O)c1ccccc1. The molecule has 1 atom stereocenters. The highest BCUT2D eigenvalue weighted by Crippen LogP contribution is 2.31. The van der Waals surface area contributed by atoms with Gasteiger partial charge in [-0.2, -0.15) is 0 Å². The van der Waals surface area contributed by atoms with E-state index in [4.69, 9.17) is 4.74 Å². The van der Waals surface area contributed by atoms with Crippen LogP contribution in [0.25, 0.3) is 10.8 Å². The fraction of sp³-hybridized carbons (Fsp3) is 0.143. The summed E-state index contributed by atoms with van der Waals surface area (Å²) in [5, 5.41) is 1.76. The van der Waals surface area contributed by atoms with Crippen LogP contribution < -0.4 is 4.74 Å². The van der Waals surface area contributed by atoms with Gasteiger partial charge in [0.05, 0.1) is 5.56 Å². The molecule has 25 heavy (non-hydrogen) atoms. The molecule has 126 valence electrons. The van der Waals surface area contributed by atoms with Crippen LogP contribution in [0, 0.1) is 0 Å². The van der Waals surface area contributed by atoms with Crippen LogP contribution in [0.1, 0.15) is 22.0 Å². The van der Waals surface area contributed by atoms with Crippen molar-refractivity contribution in [2.24, 2.45) is 0 Å². The van der Waals surface area contributed by atoms with Gasteiger partial charge in [-0.15, -0.1) is 0 Å². The first kappa shape index (κ1) is 16.7. The number of benzene rings is 3. The van der Waals surface area contributed by atoms with Crippen LogP contribution in [0.2, 0.25) is 0 Å². The van der Waals surface area contributed by atoms with Gasteiger partial charge in [-0.1, -0.05) is 60.7 Å². The summed E-state index contributed by atoms with van der Waals surface area (Å²) in [7, 11) is 3.37. The van der Waals surface area contributed by atoms with Gasteiger partial charge in [-0.05, 0) is 16.8 Å². The van der Waals surface area contributed by atoms with Gasteiger partial charge in [-0.3, -0.25) is 9.59 Å². The number of nitrogens with zero attached hydrogens (tertiary/aromatic N) is 1. The summed E-state index contributed by atoms with van der Waals surface area (Å²) in [6.07, 6.45) is -0.0316. The van der Waals surface area contributed by atoms with E-state index in [-0.39, 0.29) is 5.91 Å². The lowest BCUT2D eigenvalue weighted by atomic mass is 10.0. The molecular weight excluding hydrogens is 314 g/mol. The first-order valence-corrected chi connectivity index (χ1v) is 8.01. The second-order valence-electron chi connectivity index (χ2n) is 5.96. The number of carbonyl (C=O) groups excluding carboxylic acids is 2. The Morgan fingerprint density at radius 1 is 0.960 bits per heavy atom. The monoisotopic (exact) mass is 333 g/mol. The lowest BCUT2D eigenvalue weighted by Crippen LogP contribution is -2.31. The third-order valence-electron chi connectivity index (χ3n) is 4.06. The zero-order chi connectivity index (χ0) is 17.8. The van der Waals surface area contributed by atoms with E-state index in [0.717, 1.165) is 22.6 Å². The minimum atomic E-state index is -0.809. The van der Waals surface area contributed by atoms with Crippen LogP contribution in [0.3, 0.4) is 0 Å². The van der Waals surface area contributed by atoms with Crippen molar-refractivity contribution in [2.75, 3.05) is 14.1 Å². The van der Waals surface area contributed by atoms with Crippen LogP contribution in [-0.4, -0.2) is 31.2 Å². The average molecular weight is 333 g/mol. The van der Waals surface area contributed by atoms with Gasteiger partial charge in [0.2, 0.25) is 6.10 Å². The number of carbonyl (C=O) groups is 2. The Morgan fingerprint density at radius 3 is 2.32 bits per heavy atom. The molecule has 1 amide bonds. The summed E-state index contributed by atoms with van der Waals surface area (Å²) in [6.45, 7) is 0. The van der Waals surface area contributed by atoms with Gasteiger partial charge in [0.15, 0.2) is 6.29 Å². The third kappa shape index (κ3) is 3.38. The zero-order valence-electron chi connectivity index (χ0n) is 14.2. The fourth-order valence-electron chi connectivity index (χ4n) is 2.75. The molecule has 0 aliphatic rings. The van der Waals surface area contributed by atoms with Crippen molar-refractivity contribution < 1.29 is 14.3 Å². The summed E-state index contributed by atoms with van der Waals surface area (Å²) >= 11 is 0. The molecule has 0 saturated heterocycles. The van der Waals surface area contributed by atoms with Crippen LogP contribution >= 0.6 is 0 Å². The van der Waals surface area contributed by atoms with Crippen LogP contribution in [0.5, 0.6) is 5.75 Å². The second kappa shape index (κ2) is 7.18. The predicted octanol–water partition coefficient (Wildman–Crippen LogP) is 3.86. The molecule has 0 N–H and O–H groups in total. The summed E-state index contributed by atoms with van der Waals surface area (Å²) in [6, 6.07) is 20.5. The maximum atomic E-state index is 12.6. The van der Waals surface area contributed by atoms with Crippen molar-refractivity contribution in [2.45, 2.75) is 6.10 Å². The van der Waals surface area contributed by atoms with Crippen molar-refractivity contribution in [1.29, 1.82) is 0 Å². The van der Waals surface area contributed by atoms with E-state index < -0.39 is 6.10 Å². The Labute approximate surface area is 146 Å². The molecule has 0 heterocycles. The number of rotatable bonds is 5. The summed E-state index contributed by atoms with van der Waals surface area (Å²) in [4.78, 5) is 25.8. The maximum absolute atomic E-state index is 12.6. The van der Waals surface area contributed by atoms with Gasteiger partial charge in [-0.25, -0.2) is 0 Å². The molecule has 3 rings (SSSR count). The number of ether oxygens (including phenoxy) is 1. The number of likely N-dealkylation sites (N-methyl/N-ethyl adjacent to an activating group) is 1. The second-order valence-corrected chi connectivity index (χ2v) is 5.96. The van der Waals surface area contributed by atoms with E-state index in [1.165, 1.54) is 4.90 Å². The van der Waals surface area contributed by atoms with Gasteiger partial charge in [0, 0.05) is 19.7 Å². The minimum Gasteiger partial charge on any atom is -0.475 e. The van der Waals surface area contributed by atoms with Crippen molar-refractivity contribution in [3.05, 3.63) is 77.9 Å². The van der Waals surface area contributed by atoms with Crippen LogP contribution in [-0.2, 0) is 4.79 Å². The van der Waals surface area contributed by atoms with E-state index in [2.05, 4.69) is 0 Å². The zero-order valence-corrected chi connectivity index (χ0v) is 14.2. The minimum absolute atomic E-state index is 0.184. The molecule has 0 radical (unpaired) electrons. The molecule has 0 bridgehead atoms. The number of hydrogen-bond acceptors (Lipinski definition) is 3. The van der Waals surface area contributed by atoms with Crippen LogP contribution in [0.4, 0.5) is 0 Å². The Bertz CT molecular complexity index is 903. The molecule has 0 fully saturated rings. The smallest absolute Gasteiger partial charge is 0.267 e. The quantitative estimate of drug-likeness (QED) is 0.666. The van der Waals surface area contributed by atoms with E-state index in [0.29, 0.717) is 11.3 Å². The predicted molar refractivity (Wildman–Crippen MR) is 97.8 cm³/mol. The van der Waals surface area contributed by atoms with Gasteiger partial charge >= 0.3 is 0 Å². The molecule has 0 aliphatic carbocycles. The summed E-state index contributed by atoms with van der Waals surface area (Å²) in [5.74, 6) is 0.217. The Morgan fingerprint density at radius 2 is 1.64 bits per heavy atom. The van der Waals surface area contributed by atoms with Crippen molar-refractivity contribution >= 4 is 23.0 Å². The van der Waals surface area contributed by atoms with Gasteiger partial charge < -0.3 is 9.64 Å². The molecule has 0 aliphatic heterocycles.